The maximum absolute atomic E-state index is 13.0. The van der Waals surface area contributed by atoms with Crippen molar-refractivity contribution in [3.63, 3.8) is 0 Å². The average molecular weight is 343 g/mol. The molecule has 4 heterocycles. The third-order valence-electron chi connectivity index (χ3n) is 5.41. The van der Waals surface area contributed by atoms with Gasteiger partial charge in [0.05, 0.1) is 24.5 Å². The molecule has 134 valence electrons. The zero-order chi connectivity index (χ0) is 17.2. The van der Waals surface area contributed by atoms with Crippen LogP contribution in [0.5, 0.6) is 0 Å². The van der Waals surface area contributed by atoms with E-state index in [1.165, 1.54) is 0 Å². The zero-order valence-corrected chi connectivity index (χ0v) is 14.7. The first-order chi connectivity index (χ1) is 12.2. The van der Waals surface area contributed by atoms with E-state index in [0.29, 0.717) is 0 Å². The molecular weight excluding hydrogens is 318 g/mol. The summed E-state index contributed by atoms with van der Waals surface area (Å²) in [6.45, 7) is 5.46. The second-order valence-electron chi connectivity index (χ2n) is 7.19. The Morgan fingerprint density at radius 3 is 2.80 bits per heavy atom. The second kappa shape index (κ2) is 7.04. The first kappa shape index (κ1) is 16.4. The SMILES string of the molecule is Cc1cc([C@@H]2CCCN2C(=O)C2CCN(Cc3ccco3)CC2)on1. The molecule has 2 fully saturated rings. The van der Waals surface area contributed by atoms with Crippen LogP contribution < -0.4 is 0 Å². The van der Waals surface area contributed by atoms with Gasteiger partial charge in [-0.25, -0.2) is 0 Å². The van der Waals surface area contributed by atoms with Gasteiger partial charge in [0.25, 0.3) is 0 Å². The van der Waals surface area contributed by atoms with E-state index in [9.17, 15) is 4.79 Å². The first-order valence-corrected chi connectivity index (χ1v) is 9.19. The standard InChI is InChI=1S/C19H25N3O3/c1-14-12-18(25-20-14)17-5-2-8-22(17)19(23)15-6-9-21(10-7-15)13-16-4-3-11-24-16/h3-4,11-12,15,17H,2,5-10,13H2,1H3/t17-/m0/s1. The number of furan rings is 1. The smallest absolute Gasteiger partial charge is 0.226 e. The Hall–Kier alpha value is -2.08. The highest BCUT2D eigenvalue weighted by atomic mass is 16.5. The maximum atomic E-state index is 13.0. The van der Waals surface area contributed by atoms with Crippen molar-refractivity contribution in [1.29, 1.82) is 0 Å². The van der Waals surface area contributed by atoms with E-state index >= 15 is 0 Å². The number of aromatic nitrogens is 1. The van der Waals surface area contributed by atoms with Gasteiger partial charge in [-0.2, -0.15) is 0 Å². The average Bonchev–Trinajstić information content (AvgIpc) is 3.36. The fourth-order valence-corrected chi connectivity index (χ4v) is 4.06. The van der Waals surface area contributed by atoms with E-state index in [1.54, 1.807) is 6.26 Å². The fourth-order valence-electron chi connectivity index (χ4n) is 4.06. The molecule has 1 amide bonds. The number of hydrogen-bond acceptors (Lipinski definition) is 5. The van der Waals surface area contributed by atoms with Gasteiger partial charge in [0.1, 0.15) is 5.76 Å². The molecule has 0 spiro atoms. The van der Waals surface area contributed by atoms with Crippen LogP contribution in [0.15, 0.2) is 33.4 Å². The summed E-state index contributed by atoms with van der Waals surface area (Å²) in [6, 6.07) is 5.95. The normalized spacial score (nSPS) is 22.6. The van der Waals surface area contributed by atoms with E-state index < -0.39 is 0 Å². The lowest BCUT2D eigenvalue weighted by Gasteiger charge is -2.34. The summed E-state index contributed by atoms with van der Waals surface area (Å²) in [5.41, 5.74) is 0.875. The molecule has 6 heteroatoms. The predicted molar refractivity (Wildman–Crippen MR) is 91.6 cm³/mol. The van der Waals surface area contributed by atoms with Crippen LogP contribution in [0.25, 0.3) is 0 Å². The van der Waals surface area contributed by atoms with Gasteiger partial charge >= 0.3 is 0 Å². The van der Waals surface area contributed by atoms with Crippen molar-refractivity contribution in [3.05, 3.63) is 41.7 Å². The summed E-state index contributed by atoms with van der Waals surface area (Å²) in [5, 5.41) is 3.98. The van der Waals surface area contributed by atoms with Crippen molar-refractivity contribution in [2.24, 2.45) is 5.92 Å². The fraction of sp³-hybridized carbons (Fsp3) is 0.579. The van der Waals surface area contributed by atoms with Crippen LogP contribution in [0.2, 0.25) is 0 Å². The van der Waals surface area contributed by atoms with Crippen LogP contribution in [-0.4, -0.2) is 40.5 Å². The quantitative estimate of drug-likeness (QED) is 0.853. The number of carbonyl (C=O) groups is 1. The Kier molecular flexibility index (Phi) is 4.61. The van der Waals surface area contributed by atoms with Crippen molar-refractivity contribution in [3.8, 4) is 0 Å². The van der Waals surface area contributed by atoms with Gasteiger partial charge in [-0.1, -0.05) is 5.16 Å². The third kappa shape index (κ3) is 3.49. The lowest BCUT2D eigenvalue weighted by Crippen LogP contribution is -2.42. The van der Waals surface area contributed by atoms with E-state index in [1.807, 2.05) is 30.0 Å². The molecule has 0 unspecified atom stereocenters. The molecule has 2 aromatic heterocycles. The summed E-state index contributed by atoms with van der Waals surface area (Å²) in [5.74, 6) is 2.23. The first-order valence-electron chi connectivity index (χ1n) is 9.19. The van der Waals surface area contributed by atoms with Crippen molar-refractivity contribution < 1.29 is 13.7 Å². The van der Waals surface area contributed by atoms with E-state index in [-0.39, 0.29) is 17.9 Å². The molecule has 6 nitrogen and oxygen atoms in total. The Labute approximate surface area is 147 Å². The highest BCUT2D eigenvalue weighted by Crippen LogP contribution is 2.35. The summed E-state index contributed by atoms with van der Waals surface area (Å²) in [7, 11) is 0. The molecule has 2 aromatic rings. The number of rotatable bonds is 4. The molecule has 2 aliphatic rings. The molecule has 1 atom stereocenters. The van der Waals surface area contributed by atoms with Crippen molar-refractivity contribution in [2.75, 3.05) is 19.6 Å². The minimum atomic E-state index is 0.0647. The van der Waals surface area contributed by atoms with Gasteiger partial charge in [0.2, 0.25) is 5.91 Å². The van der Waals surface area contributed by atoms with Gasteiger partial charge < -0.3 is 13.8 Å². The zero-order valence-electron chi connectivity index (χ0n) is 14.7. The minimum absolute atomic E-state index is 0.0647. The van der Waals surface area contributed by atoms with Gasteiger partial charge in [-0.15, -0.1) is 0 Å². The monoisotopic (exact) mass is 343 g/mol. The van der Waals surface area contributed by atoms with E-state index in [0.717, 1.165) is 69.1 Å². The molecule has 0 aromatic carbocycles. The van der Waals surface area contributed by atoms with Crippen molar-refractivity contribution in [1.82, 2.24) is 15.0 Å². The van der Waals surface area contributed by atoms with Crippen LogP contribution in [-0.2, 0) is 11.3 Å². The minimum Gasteiger partial charge on any atom is -0.468 e. The second-order valence-corrected chi connectivity index (χ2v) is 7.19. The lowest BCUT2D eigenvalue weighted by atomic mass is 9.94. The van der Waals surface area contributed by atoms with Crippen LogP contribution in [0.1, 0.15) is 48.9 Å². The van der Waals surface area contributed by atoms with E-state index in [4.69, 9.17) is 8.94 Å². The van der Waals surface area contributed by atoms with Crippen LogP contribution in [0.3, 0.4) is 0 Å². The Balaban J connectivity index is 1.35. The molecule has 0 bridgehead atoms. The molecule has 0 N–H and O–H groups in total. The number of amides is 1. The Morgan fingerprint density at radius 1 is 1.28 bits per heavy atom. The largest absolute Gasteiger partial charge is 0.468 e. The predicted octanol–water partition coefficient (Wildman–Crippen LogP) is 3.15. The van der Waals surface area contributed by atoms with Crippen LogP contribution >= 0.6 is 0 Å². The van der Waals surface area contributed by atoms with E-state index in [2.05, 4.69) is 10.1 Å². The molecule has 0 radical (unpaired) electrons. The van der Waals surface area contributed by atoms with Gasteiger partial charge in [-0.05, 0) is 57.8 Å². The Bertz CT molecular complexity index is 701. The van der Waals surface area contributed by atoms with Gasteiger partial charge in [0.15, 0.2) is 5.76 Å². The summed E-state index contributed by atoms with van der Waals surface area (Å²) >= 11 is 0. The number of piperidine rings is 1. The molecule has 0 saturated carbocycles. The molecule has 2 aliphatic heterocycles. The number of carbonyl (C=O) groups excluding carboxylic acids is 1. The molecule has 2 saturated heterocycles. The lowest BCUT2D eigenvalue weighted by molar-refractivity contribution is -0.138. The highest BCUT2D eigenvalue weighted by Gasteiger charge is 2.37. The molecule has 4 rings (SSSR count). The highest BCUT2D eigenvalue weighted by molar-refractivity contribution is 5.79. The third-order valence-corrected chi connectivity index (χ3v) is 5.41. The summed E-state index contributed by atoms with van der Waals surface area (Å²) in [6.07, 6.45) is 5.55. The molecule has 0 aliphatic carbocycles. The number of likely N-dealkylation sites (tertiary alicyclic amines) is 2. The maximum Gasteiger partial charge on any atom is 0.226 e. The van der Waals surface area contributed by atoms with Crippen LogP contribution in [0, 0.1) is 12.8 Å². The topological polar surface area (TPSA) is 62.7 Å². The molecule has 25 heavy (non-hydrogen) atoms. The number of hydrogen-bond donors (Lipinski definition) is 0. The summed E-state index contributed by atoms with van der Waals surface area (Å²) in [4.78, 5) is 17.4. The van der Waals surface area contributed by atoms with Crippen molar-refractivity contribution >= 4 is 5.91 Å². The van der Waals surface area contributed by atoms with Crippen molar-refractivity contribution in [2.45, 2.75) is 45.2 Å². The van der Waals surface area contributed by atoms with Crippen LogP contribution in [0.4, 0.5) is 0 Å². The summed E-state index contributed by atoms with van der Waals surface area (Å²) < 4.78 is 10.9. The number of aryl methyl sites for hydroxylation is 1. The molecular formula is C19H25N3O3. The van der Waals surface area contributed by atoms with Gasteiger partial charge in [0, 0.05) is 18.5 Å². The number of nitrogens with zero attached hydrogens (tertiary/aromatic N) is 3. The van der Waals surface area contributed by atoms with Gasteiger partial charge in [-0.3, -0.25) is 9.69 Å². The Morgan fingerprint density at radius 2 is 2.12 bits per heavy atom.